The molecule has 1 saturated heterocycles. The summed E-state index contributed by atoms with van der Waals surface area (Å²) >= 11 is 8.12. The Balaban J connectivity index is 0. The standard InChI is InChI=1S/C9H20N2O.C2H5NOS.CH3NOS/c1-2-3-10-4-6-11(7-5-10)8-9-12;1-4-2(3)5;2-1(3)4/h12H,2-9H2,1H3;1H3,(H2,3,5);(H3,2,3,4). The first-order valence-electron chi connectivity index (χ1n) is 6.74. The molecule has 7 nitrogen and oxygen atoms in total. The van der Waals surface area contributed by atoms with Gasteiger partial charge in [0.2, 0.25) is 0 Å². The number of rotatable bonds is 4. The molecule has 0 saturated carbocycles. The first-order chi connectivity index (χ1) is 9.87. The smallest absolute Gasteiger partial charge is 0.253 e. The normalized spacial score (nSPS) is 15.0. The molecule has 0 amide bonds. The van der Waals surface area contributed by atoms with E-state index in [-0.39, 0.29) is 5.17 Å². The summed E-state index contributed by atoms with van der Waals surface area (Å²) in [5, 5.41) is 15.9. The SMILES string of the molecule is CCCN1CCN(CCO)CC1.COC(N)=S.NC(O)=S. The summed E-state index contributed by atoms with van der Waals surface area (Å²) < 4.78 is 4.26. The number of methoxy groups -OCH3 is 1. The van der Waals surface area contributed by atoms with Crippen molar-refractivity contribution >= 4 is 34.8 Å². The third kappa shape index (κ3) is 19.3. The minimum absolute atomic E-state index is 0.0880. The van der Waals surface area contributed by atoms with Crippen LogP contribution in [0, 0.1) is 0 Å². The molecule has 9 heteroatoms. The van der Waals surface area contributed by atoms with Crippen LogP contribution in [0.25, 0.3) is 0 Å². The van der Waals surface area contributed by atoms with Gasteiger partial charge in [-0.05, 0) is 37.4 Å². The zero-order valence-electron chi connectivity index (χ0n) is 12.8. The number of thiocarbonyl (C=S) groups is 2. The predicted octanol–water partition coefficient (Wildman–Crippen LogP) is -0.329. The van der Waals surface area contributed by atoms with Crippen LogP contribution in [0.3, 0.4) is 0 Å². The predicted molar refractivity (Wildman–Crippen MR) is 93.5 cm³/mol. The van der Waals surface area contributed by atoms with Crippen LogP contribution < -0.4 is 11.5 Å². The molecule has 1 rings (SSSR count). The van der Waals surface area contributed by atoms with Gasteiger partial charge in [-0.15, -0.1) is 0 Å². The molecule has 0 unspecified atom stereocenters. The Bertz CT molecular complexity index is 257. The van der Waals surface area contributed by atoms with Gasteiger partial charge in [0, 0.05) is 32.7 Å². The maximum Gasteiger partial charge on any atom is 0.253 e. The van der Waals surface area contributed by atoms with Crippen molar-refractivity contribution < 1.29 is 14.9 Å². The molecule has 21 heavy (non-hydrogen) atoms. The maximum absolute atomic E-state index is 8.73. The van der Waals surface area contributed by atoms with Crippen molar-refractivity contribution in [3.05, 3.63) is 0 Å². The van der Waals surface area contributed by atoms with Crippen LogP contribution >= 0.6 is 24.4 Å². The lowest BCUT2D eigenvalue weighted by Gasteiger charge is -2.34. The molecule has 1 fully saturated rings. The van der Waals surface area contributed by atoms with Crippen molar-refractivity contribution in [1.82, 2.24) is 9.80 Å². The van der Waals surface area contributed by atoms with Crippen LogP contribution in [-0.2, 0) is 4.74 Å². The number of hydrogen-bond acceptors (Lipinski definition) is 6. The molecule has 0 aromatic rings. The summed E-state index contributed by atoms with van der Waals surface area (Å²) in [6.07, 6.45) is 1.25. The van der Waals surface area contributed by atoms with Crippen LogP contribution in [0.4, 0.5) is 0 Å². The molecule has 1 aliphatic rings. The average Bonchev–Trinajstić information content (AvgIpc) is 2.42. The van der Waals surface area contributed by atoms with Gasteiger partial charge in [-0.3, -0.25) is 4.90 Å². The lowest BCUT2D eigenvalue weighted by molar-refractivity contribution is 0.113. The fourth-order valence-corrected chi connectivity index (χ4v) is 1.69. The van der Waals surface area contributed by atoms with Gasteiger partial charge in [-0.25, -0.2) is 0 Å². The topological polar surface area (TPSA) is 108 Å². The van der Waals surface area contributed by atoms with E-state index in [1.165, 1.54) is 33.2 Å². The number of nitrogens with two attached hydrogens (primary N) is 2. The van der Waals surface area contributed by atoms with Gasteiger partial charge in [0.15, 0.2) is 0 Å². The van der Waals surface area contributed by atoms with Gasteiger partial charge in [0.1, 0.15) is 0 Å². The Labute approximate surface area is 137 Å². The monoisotopic (exact) mass is 340 g/mol. The molecule has 0 radical (unpaired) electrons. The summed E-state index contributed by atoms with van der Waals surface area (Å²) in [7, 11) is 1.43. The van der Waals surface area contributed by atoms with E-state index in [2.05, 4.69) is 51.6 Å². The second-order valence-electron chi connectivity index (χ2n) is 4.27. The zero-order chi connectivity index (χ0) is 16.7. The zero-order valence-corrected chi connectivity index (χ0v) is 14.5. The van der Waals surface area contributed by atoms with Crippen LogP contribution in [0.2, 0.25) is 0 Å². The van der Waals surface area contributed by atoms with Gasteiger partial charge in [-0.2, -0.15) is 0 Å². The van der Waals surface area contributed by atoms with Crippen LogP contribution in [0.1, 0.15) is 13.3 Å². The number of nitrogens with zero attached hydrogens (tertiary/aromatic N) is 2. The highest BCUT2D eigenvalue weighted by molar-refractivity contribution is 7.80. The van der Waals surface area contributed by atoms with Gasteiger partial charge >= 0.3 is 0 Å². The lowest BCUT2D eigenvalue weighted by atomic mass is 10.3. The van der Waals surface area contributed by atoms with Crippen molar-refractivity contribution in [3.8, 4) is 0 Å². The molecule has 1 heterocycles. The maximum atomic E-state index is 8.73. The average molecular weight is 341 g/mol. The third-order valence-corrected chi connectivity index (χ3v) is 2.79. The third-order valence-electron chi connectivity index (χ3n) is 2.62. The highest BCUT2D eigenvalue weighted by Crippen LogP contribution is 2.01. The van der Waals surface area contributed by atoms with Gasteiger partial charge in [0.25, 0.3) is 10.3 Å². The quantitative estimate of drug-likeness (QED) is 0.512. The van der Waals surface area contributed by atoms with Crippen molar-refractivity contribution in [2.75, 3.05) is 53.0 Å². The van der Waals surface area contributed by atoms with E-state index in [0.717, 1.165) is 19.6 Å². The number of piperazine rings is 1. The van der Waals surface area contributed by atoms with Gasteiger partial charge in [-0.1, -0.05) is 6.92 Å². The number of aliphatic hydroxyl groups excluding tert-OH is 2. The van der Waals surface area contributed by atoms with Gasteiger partial charge < -0.3 is 31.3 Å². The minimum atomic E-state index is -0.500. The van der Waals surface area contributed by atoms with Crippen LogP contribution in [-0.4, -0.2) is 83.3 Å². The minimum Gasteiger partial charge on any atom is -0.487 e. The lowest BCUT2D eigenvalue weighted by Crippen LogP contribution is -2.47. The van der Waals surface area contributed by atoms with Crippen molar-refractivity contribution in [2.24, 2.45) is 11.5 Å². The molecule has 0 aromatic carbocycles. The summed E-state index contributed by atoms with van der Waals surface area (Å²) in [6.45, 7) is 9.20. The number of hydrogen-bond donors (Lipinski definition) is 4. The van der Waals surface area contributed by atoms with Crippen molar-refractivity contribution in [3.63, 3.8) is 0 Å². The molecule has 0 atom stereocenters. The molecule has 0 aliphatic carbocycles. The molecule has 0 bridgehead atoms. The number of aliphatic hydroxyl groups is 2. The molecule has 0 aromatic heterocycles. The molecule has 0 spiro atoms. The van der Waals surface area contributed by atoms with E-state index >= 15 is 0 Å². The van der Waals surface area contributed by atoms with Crippen LogP contribution in [0.5, 0.6) is 0 Å². The van der Waals surface area contributed by atoms with E-state index in [0.29, 0.717) is 6.61 Å². The Morgan fingerprint density at radius 1 is 1.10 bits per heavy atom. The van der Waals surface area contributed by atoms with E-state index in [1.54, 1.807) is 0 Å². The first-order valence-corrected chi connectivity index (χ1v) is 7.56. The molecule has 6 N–H and O–H groups in total. The molecule has 126 valence electrons. The number of ether oxygens (including phenoxy) is 1. The van der Waals surface area contributed by atoms with Crippen molar-refractivity contribution in [1.29, 1.82) is 0 Å². The highest BCUT2D eigenvalue weighted by Gasteiger charge is 2.14. The molecule has 1 aliphatic heterocycles. The van der Waals surface area contributed by atoms with Crippen molar-refractivity contribution in [2.45, 2.75) is 13.3 Å². The van der Waals surface area contributed by atoms with E-state index in [9.17, 15) is 0 Å². The highest BCUT2D eigenvalue weighted by atomic mass is 32.1. The second kappa shape index (κ2) is 15.6. The number of β-amino-alcohol motifs (C(OH)–C–C–N with tert-alkyl or cyclic N) is 1. The molecular weight excluding hydrogens is 312 g/mol. The Hall–Kier alpha value is -0.740. The van der Waals surface area contributed by atoms with E-state index in [1.807, 2.05) is 0 Å². The summed E-state index contributed by atoms with van der Waals surface area (Å²) in [5.74, 6) is 0. The fraction of sp³-hybridized carbons (Fsp3) is 0.833. The van der Waals surface area contributed by atoms with E-state index < -0.39 is 5.17 Å². The molecular formula is C12H28N4O3S2. The fourth-order valence-electron chi connectivity index (χ4n) is 1.69. The van der Waals surface area contributed by atoms with E-state index in [4.69, 9.17) is 15.9 Å². The second-order valence-corrected chi connectivity index (χ2v) is 5.09. The first kappa shape index (κ1) is 22.5. The summed E-state index contributed by atoms with van der Waals surface area (Å²) in [6, 6.07) is 0. The Morgan fingerprint density at radius 2 is 1.43 bits per heavy atom. The Morgan fingerprint density at radius 3 is 1.67 bits per heavy atom. The van der Waals surface area contributed by atoms with Crippen LogP contribution in [0.15, 0.2) is 0 Å². The summed E-state index contributed by atoms with van der Waals surface area (Å²) in [5.41, 5.74) is 9.20. The largest absolute Gasteiger partial charge is 0.487 e. The van der Waals surface area contributed by atoms with Gasteiger partial charge in [0.05, 0.1) is 13.7 Å². The Kier molecular flexibility index (Phi) is 16.8. The summed E-state index contributed by atoms with van der Waals surface area (Å²) in [4.78, 5) is 4.82.